The lowest BCUT2D eigenvalue weighted by atomic mass is 10.1. The topological polar surface area (TPSA) is 40.1 Å². The molecule has 0 N–H and O–H groups in total. The van der Waals surface area contributed by atoms with E-state index >= 15 is 0 Å². The molecule has 0 spiro atoms. The second-order valence-electron chi connectivity index (χ2n) is 7.06. The average Bonchev–Trinajstić information content (AvgIpc) is 2.86. The molecule has 5 rings (SSSR count). The Hall–Kier alpha value is -3.82. The molecule has 0 aromatic heterocycles. The molecule has 0 unspecified atom stereocenters. The number of carboxylic acids is 1. The fourth-order valence-corrected chi connectivity index (χ4v) is 5.59. The zero-order valence-electron chi connectivity index (χ0n) is 17.4. The second kappa shape index (κ2) is 10.5. The predicted molar refractivity (Wildman–Crippen MR) is 130 cm³/mol. The molecule has 5 aromatic carbocycles. The van der Waals surface area contributed by atoms with Crippen LogP contribution in [-0.4, -0.2) is 5.97 Å². The molecule has 0 atom stereocenters. The number of rotatable bonds is 4. The van der Waals surface area contributed by atoms with Crippen LogP contribution >= 0.6 is 0 Å². The second-order valence-corrected chi connectivity index (χ2v) is 9.09. The Morgan fingerprint density at radius 2 is 0.906 bits per heavy atom. The molecule has 0 aliphatic heterocycles. The minimum Gasteiger partial charge on any atom is -0.545 e. The largest absolute Gasteiger partial charge is 0.545 e. The van der Waals surface area contributed by atoms with Gasteiger partial charge >= 0.3 is 0 Å². The highest BCUT2D eigenvalue weighted by Crippen LogP contribution is 2.30. The number of benzene rings is 5. The highest BCUT2D eigenvalue weighted by atomic mass is 32.2. The van der Waals surface area contributed by atoms with Crippen LogP contribution in [0.2, 0.25) is 0 Å². The van der Waals surface area contributed by atoms with Gasteiger partial charge in [0.05, 0.1) is 16.9 Å². The summed E-state index contributed by atoms with van der Waals surface area (Å²) in [6.45, 7) is 0. The maximum atomic E-state index is 10.7. The monoisotopic (exact) mass is 434 g/mol. The Kier molecular flexibility index (Phi) is 7.01. The van der Waals surface area contributed by atoms with Crippen molar-refractivity contribution >= 4 is 27.6 Å². The van der Waals surface area contributed by atoms with Crippen LogP contribution in [0.25, 0.3) is 10.8 Å². The fourth-order valence-electron chi connectivity index (χ4n) is 3.48. The van der Waals surface area contributed by atoms with Gasteiger partial charge in [-0.2, -0.15) is 0 Å². The van der Waals surface area contributed by atoms with Crippen molar-refractivity contribution in [3.05, 3.63) is 139 Å². The summed E-state index contributed by atoms with van der Waals surface area (Å²) in [4.78, 5) is 14.8. The van der Waals surface area contributed by atoms with Gasteiger partial charge in [0, 0.05) is 5.56 Å². The van der Waals surface area contributed by atoms with Crippen LogP contribution in [0.3, 0.4) is 0 Å². The predicted octanol–water partition coefficient (Wildman–Crippen LogP) is 5.99. The van der Waals surface area contributed by atoms with Gasteiger partial charge in [-0.3, -0.25) is 0 Å². The van der Waals surface area contributed by atoms with Gasteiger partial charge in [-0.05, 0) is 47.2 Å². The molecule has 156 valence electrons. The van der Waals surface area contributed by atoms with Crippen molar-refractivity contribution in [3.63, 3.8) is 0 Å². The molecule has 0 saturated heterocycles. The Bertz CT molecular complexity index is 1190. The summed E-state index contributed by atoms with van der Waals surface area (Å²) in [5, 5.41) is 12.4. The quantitative estimate of drug-likeness (QED) is 0.326. The molecule has 0 aliphatic carbocycles. The van der Waals surface area contributed by atoms with E-state index in [1.54, 1.807) is 18.2 Å². The van der Waals surface area contributed by atoms with Crippen molar-refractivity contribution in [3.8, 4) is 0 Å². The number of fused-ring (bicyclic) bond motifs is 1. The van der Waals surface area contributed by atoms with Crippen molar-refractivity contribution < 1.29 is 9.90 Å². The van der Waals surface area contributed by atoms with Crippen molar-refractivity contribution in [2.75, 3.05) is 0 Å². The molecule has 0 bridgehead atoms. The Balaban J connectivity index is 0.000000165. The number of aromatic carboxylic acids is 1. The summed E-state index contributed by atoms with van der Waals surface area (Å²) in [5.41, 5.74) is 0.248. The normalized spacial score (nSPS) is 10.4. The first kappa shape index (κ1) is 21.4. The van der Waals surface area contributed by atoms with E-state index in [0.29, 0.717) is 0 Å². The van der Waals surface area contributed by atoms with Gasteiger partial charge in [-0.25, -0.2) is 0 Å². The molecular formula is C29H22O2S. The van der Waals surface area contributed by atoms with Gasteiger partial charge in [-0.1, -0.05) is 97.1 Å². The fraction of sp³-hybridized carbons (Fsp3) is 0. The lowest BCUT2D eigenvalue weighted by Gasteiger charge is -2.07. The molecule has 32 heavy (non-hydrogen) atoms. The highest BCUT2D eigenvalue weighted by Gasteiger charge is 2.27. The van der Waals surface area contributed by atoms with Crippen LogP contribution in [0.1, 0.15) is 10.4 Å². The SMILES string of the molecule is O=C([O-])c1cccc2ccccc12.c1ccc([S+](c2ccccc2)c2ccccc2)cc1. The number of hydrogen-bond donors (Lipinski definition) is 0. The van der Waals surface area contributed by atoms with E-state index in [1.807, 2.05) is 24.3 Å². The van der Waals surface area contributed by atoms with Gasteiger partial charge in [0.25, 0.3) is 0 Å². The molecule has 0 heterocycles. The smallest absolute Gasteiger partial charge is 0.166 e. The molecule has 3 heteroatoms. The lowest BCUT2D eigenvalue weighted by Crippen LogP contribution is -2.22. The minimum atomic E-state index is -1.13. The number of carbonyl (C=O) groups excluding carboxylic acids is 1. The molecule has 2 nitrogen and oxygen atoms in total. The van der Waals surface area contributed by atoms with Crippen molar-refractivity contribution in [1.82, 2.24) is 0 Å². The molecule has 0 radical (unpaired) electrons. The summed E-state index contributed by atoms with van der Waals surface area (Å²) in [6.07, 6.45) is 0. The standard InChI is InChI=1S/C18H15S.C11H8O2/c1-4-10-16(11-5-1)19(17-12-6-2-7-13-17)18-14-8-3-9-15-18;12-11(13)10-7-3-5-8-4-1-2-6-9(8)10/h1-15H;1-7H,(H,12,13)/q+1;/p-1. The van der Waals surface area contributed by atoms with Crippen molar-refractivity contribution in [2.24, 2.45) is 0 Å². The van der Waals surface area contributed by atoms with E-state index in [0.717, 1.165) is 10.8 Å². The van der Waals surface area contributed by atoms with E-state index in [4.69, 9.17) is 0 Å². The zero-order valence-corrected chi connectivity index (χ0v) is 18.2. The van der Waals surface area contributed by atoms with Gasteiger partial charge in [0.1, 0.15) is 0 Å². The van der Waals surface area contributed by atoms with Gasteiger partial charge in [-0.15, -0.1) is 0 Å². The van der Waals surface area contributed by atoms with E-state index in [9.17, 15) is 9.90 Å². The first-order chi connectivity index (χ1) is 15.7. The van der Waals surface area contributed by atoms with E-state index in [1.165, 1.54) is 14.7 Å². The van der Waals surface area contributed by atoms with Crippen molar-refractivity contribution in [1.29, 1.82) is 0 Å². The molecule has 0 aliphatic rings. The Morgan fingerprint density at radius 1 is 0.500 bits per heavy atom. The van der Waals surface area contributed by atoms with E-state index in [2.05, 4.69) is 91.0 Å². The molecule has 0 amide bonds. The summed E-state index contributed by atoms with van der Waals surface area (Å²) >= 11 is 0. The highest BCUT2D eigenvalue weighted by molar-refractivity contribution is 7.97. The van der Waals surface area contributed by atoms with Crippen LogP contribution in [-0.2, 0) is 10.9 Å². The minimum absolute atomic E-state index is 0.0146. The van der Waals surface area contributed by atoms with Crippen LogP contribution < -0.4 is 5.11 Å². The van der Waals surface area contributed by atoms with E-state index in [-0.39, 0.29) is 16.5 Å². The van der Waals surface area contributed by atoms with Gasteiger partial charge in [0.15, 0.2) is 14.7 Å². The molecule has 0 fully saturated rings. The van der Waals surface area contributed by atoms with Gasteiger partial charge in [0.2, 0.25) is 0 Å². The zero-order chi connectivity index (χ0) is 22.2. The number of carboxylic acid groups (broad SMARTS) is 1. The summed E-state index contributed by atoms with van der Waals surface area (Å²) < 4.78 is 0. The number of hydrogen-bond acceptors (Lipinski definition) is 2. The maximum absolute atomic E-state index is 10.7. The van der Waals surface area contributed by atoms with Crippen LogP contribution in [0, 0.1) is 0 Å². The van der Waals surface area contributed by atoms with Crippen molar-refractivity contribution in [2.45, 2.75) is 14.7 Å². The Morgan fingerprint density at radius 3 is 1.38 bits per heavy atom. The molecular weight excluding hydrogens is 412 g/mol. The van der Waals surface area contributed by atoms with Crippen LogP contribution in [0.4, 0.5) is 0 Å². The number of carbonyl (C=O) groups is 1. The third-order valence-corrected chi connectivity index (χ3v) is 7.18. The third-order valence-electron chi connectivity index (χ3n) is 4.95. The third kappa shape index (κ3) is 5.08. The first-order valence-corrected chi connectivity index (χ1v) is 11.5. The van der Waals surface area contributed by atoms with E-state index < -0.39 is 5.97 Å². The first-order valence-electron chi connectivity index (χ1n) is 10.3. The summed E-state index contributed by atoms with van der Waals surface area (Å²) in [6, 6.07) is 44.6. The van der Waals surface area contributed by atoms with Gasteiger partial charge < -0.3 is 9.90 Å². The average molecular weight is 435 g/mol. The lowest BCUT2D eigenvalue weighted by molar-refractivity contribution is -0.254. The Labute approximate surface area is 191 Å². The van der Waals surface area contributed by atoms with Crippen LogP contribution in [0.5, 0.6) is 0 Å². The molecule has 0 saturated carbocycles. The summed E-state index contributed by atoms with van der Waals surface area (Å²) in [5.74, 6) is -1.13. The van der Waals surface area contributed by atoms with Crippen LogP contribution in [0.15, 0.2) is 148 Å². The molecule has 5 aromatic rings. The summed E-state index contributed by atoms with van der Waals surface area (Å²) in [7, 11) is -0.0146. The maximum Gasteiger partial charge on any atom is 0.166 e.